The van der Waals surface area contributed by atoms with Gasteiger partial charge in [0.1, 0.15) is 6.33 Å². The van der Waals surface area contributed by atoms with Crippen LogP contribution in [0.2, 0.25) is 0 Å². The second-order valence-corrected chi connectivity index (χ2v) is 3.24. The van der Waals surface area contributed by atoms with Crippen LogP contribution in [0.3, 0.4) is 0 Å². The minimum Gasteiger partial charge on any atom is -0.331 e. The lowest BCUT2D eigenvalue weighted by molar-refractivity contribution is -0.138. The van der Waals surface area contributed by atoms with Gasteiger partial charge in [-0.15, -0.1) is 0 Å². The van der Waals surface area contributed by atoms with Crippen molar-refractivity contribution in [2.75, 3.05) is 0 Å². The van der Waals surface area contributed by atoms with Crippen molar-refractivity contribution in [3.63, 3.8) is 0 Å². The summed E-state index contributed by atoms with van der Waals surface area (Å²) in [6.07, 6.45) is 17.4. The van der Waals surface area contributed by atoms with E-state index in [9.17, 15) is 4.79 Å². The van der Waals surface area contributed by atoms with Crippen molar-refractivity contribution < 1.29 is 9.63 Å². The van der Waals surface area contributed by atoms with Gasteiger partial charge in [0.05, 0.1) is 6.20 Å². The normalized spacial score (nSPS) is 11.8. The van der Waals surface area contributed by atoms with Crippen molar-refractivity contribution in [2.24, 2.45) is 0 Å². The van der Waals surface area contributed by atoms with E-state index < -0.39 is 5.97 Å². The van der Waals surface area contributed by atoms with Crippen molar-refractivity contribution in [3.05, 3.63) is 55.2 Å². The summed E-state index contributed by atoms with van der Waals surface area (Å²) in [4.78, 5) is 19.9. The van der Waals surface area contributed by atoms with Gasteiger partial charge >= 0.3 is 5.97 Å². The summed E-state index contributed by atoms with van der Waals surface area (Å²) < 4.78 is 1.26. The minimum absolute atomic E-state index is 0.416. The molecule has 90 valence electrons. The average molecular weight is 232 g/mol. The Balaban J connectivity index is 2.22. The zero-order chi connectivity index (χ0) is 12.3. The Morgan fingerprint density at radius 1 is 1.35 bits per heavy atom. The monoisotopic (exact) mass is 232 g/mol. The summed E-state index contributed by atoms with van der Waals surface area (Å²) in [5, 5.41) is 0. The quantitative estimate of drug-likeness (QED) is 0.558. The molecular formula is C13H16N2O2. The van der Waals surface area contributed by atoms with E-state index in [1.165, 1.54) is 17.1 Å². The van der Waals surface area contributed by atoms with E-state index in [0.29, 0.717) is 6.42 Å². The van der Waals surface area contributed by atoms with Crippen molar-refractivity contribution in [3.8, 4) is 0 Å². The van der Waals surface area contributed by atoms with Gasteiger partial charge in [0.2, 0.25) is 0 Å². The Morgan fingerprint density at radius 2 is 2.18 bits per heavy atom. The first-order chi connectivity index (χ1) is 8.33. The molecule has 17 heavy (non-hydrogen) atoms. The van der Waals surface area contributed by atoms with Gasteiger partial charge < -0.3 is 4.84 Å². The molecule has 0 unspecified atom stereocenters. The first-order valence-electron chi connectivity index (χ1n) is 5.51. The molecule has 1 aromatic rings. The van der Waals surface area contributed by atoms with Gasteiger partial charge in [-0.3, -0.25) is 0 Å². The second-order valence-electron chi connectivity index (χ2n) is 3.24. The smallest absolute Gasteiger partial charge is 0.331 e. The van der Waals surface area contributed by atoms with Crippen LogP contribution in [0.4, 0.5) is 0 Å². The molecule has 0 N–H and O–H groups in total. The molecule has 0 amide bonds. The van der Waals surface area contributed by atoms with Gasteiger partial charge in [-0.25, -0.2) is 9.78 Å². The molecule has 0 fully saturated rings. The maximum atomic E-state index is 11.2. The molecule has 1 rings (SSSR count). The number of carbonyl (C=O) groups is 1. The number of rotatable bonds is 6. The molecule has 0 saturated carbocycles. The highest BCUT2D eigenvalue weighted by molar-refractivity contribution is 5.82. The molecule has 4 nitrogen and oxygen atoms in total. The van der Waals surface area contributed by atoms with Gasteiger partial charge in [0.15, 0.2) is 0 Å². The highest BCUT2D eigenvalue weighted by Gasteiger charge is 1.96. The van der Waals surface area contributed by atoms with Crippen molar-refractivity contribution >= 4 is 5.97 Å². The van der Waals surface area contributed by atoms with E-state index in [0.717, 1.165) is 6.42 Å². The molecule has 1 aromatic heterocycles. The Hall–Kier alpha value is -2.10. The van der Waals surface area contributed by atoms with Crippen LogP contribution in [0.1, 0.15) is 19.8 Å². The number of aromatic nitrogens is 2. The Kier molecular flexibility index (Phi) is 6.18. The largest absolute Gasteiger partial charge is 0.356 e. The SMILES string of the molecule is CCC=CC=CCC=CC(=O)On1ccnc1. The number of allylic oxidation sites excluding steroid dienone is 5. The molecule has 0 bridgehead atoms. The van der Waals surface area contributed by atoms with Crippen molar-refractivity contribution in [2.45, 2.75) is 19.8 Å². The first-order valence-corrected chi connectivity index (χ1v) is 5.51. The van der Waals surface area contributed by atoms with Crippen molar-refractivity contribution in [1.82, 2.24) is 9.71 Å². The van der Waals surface area contributed by atoms with Gasteiger partial charge in [-0.05, 0) is 12.8 Å². The molecule has 0 aliphatic carbocycles. The third kappa shape index (κ3) is 6.14. The Labute approximate surface area is 101 Å². The summed E-state index contributed by atoms with van der Waals surface area (Å²) in [5.41, 5.74) is 0. The number of carbonyl (C=O) groups excluding carboxylic acids is 1. The van der Waals surface area contributed by atoms with E-state index in [4.69, 9.17) is 4.84 Å². The van der Waals surface area contributed by atoms with E-state index >= 15 is 0 Å². The molecule has 0 spiro atoms. The van der Waals surface area contributed by atoms with Crippen LogP contribution in [0, 0.1) is 0 Å². The van der Waals surface area contributed by atoms with Crippen LogP contribution in [-0.2, 0) is 4.79 Å². The zero-order valence-corrected chi connectivity index (χ0v) is 9.82. The fraction of sp³-hybridized carbons (Fsp3) is 0.231. The third-order valence-electron chi connectivity index (χ3n) is 1.82. The molecule has 4 heteroatoms. The highest BCUT2D eigenvalue weighted by atomic mass is 16.7. The number of hydrogen-bond acceptors (Lipinski definition) is 3. The number of hydrogen-bond donors (Lipinski definition) is 0. The predicted octanol–water partition coefficient (Wildman–Crippen LogP) is 2.31. The topological polar surface area (TPSA) is 44.1 Å². The molecular weight excluding hydrogens is 216 g/mol. The van der Waals surface area contributed by atoms with Crippen molar-refractivity contribution in [1.29, 1.82) is 0 Å². The van der Waals surface area contributed by atoms with Crippen LogP contribution in [0.25, 0.3) is 0 Å². The molecule has 0 aliphatic heterocycles. The lowest BCUT2D eigenvalue weighted by Gasteiger charge is -1.97. The van der Waals surface area contributed by atoms with Crippen LogP contribution >= 0.6 is 0 Å². The van der Waals surface area contributed by atoms with Gasteiger partial charge in [-0.1, -0.05) is 37.3 Å². The van der Waals surface area contributed by atoms with Crippen LogP contribution in [0.5, 0.6) is 0 Å². The van der Waals surface area contributed by atoms with Crippen LogP contribution in [-0.4, -0.2) is 15.7 Å². The Morgan fingerprint density at radius 3 is 2.88 bits per heavy atom. The molecule has 0 radical (unpaired) electrons. The molecule has 1 heterocycles. The fourth-order valence-corrected chi connectivity index (χ4v) is 1.05. The maximum absolute atomic E-state index is 11.2. The number of imidazole rings is 1. The van der Waals surface area contributed by atoms with Crippen LogP contribution < -0.4 is 4.84 Å². The summed E-state index contributed by atoms with van der Waals surface area (Å²) in [6.45, 7) is 2.08. The Bertz CT molecular complexity index is 403. The fourth-order valence-electron chi connectivity index (χ4n) is 1.05. The van der Waals surface area contributed by atoms with E-state index in [1.807, 2.05) is 18.2 Å². The molecule has 0 aliphatic rings. The second kappa shape index (κ2) is 8.10. The predicted molar refractivity (Wildman–Crippen MR) is 66.1 cm³/mol. The van der Waals surface area contributed by atoms with Crippen LogP contribution in [0.15, 0.2) is 55.2 Å². The van der Waals surface area contributed by atoms with E-state index in [2.05, 4.69) is 18.0 Å². The van der Waals surface area contributed by atoms with Gasteiger partial charge in [-0.2, -0.15) is 4.73 Å². The van der Waals surface area contributed by atoms with E-state index in [-0.39, 0.29) is 0 Å². The lowest BCUT2D eigenvalue weighted by Crippen LogP contribution is -2.15. The summed E-state index contributed by atoms with van der Waals surface area (Å²) >= 11 is 0. The summed E-state index contributed by atoms with van der Waals surface area (Å²) in [5.74, 6) is -0.416. The molecule has 0 atom stereocenters. The highest BCUT2D eigenvalue weighted by Crippen LogP contribution is 1.89. The summed E-state index contributed by atoms with van der Waals surface area (Å²) in [7, 11) is 0. The standard InChI is InChI=1S/C13H16N2O2/c1-2-3-4-5-6-7-8-9-13(16)17-15-11-10-14-12-15/h3-6,8-12H,2,7H2,1H3. The lowest BCUT2D eigenvalue weighted by atomic mass is 10.3. The van der Waals surface area contributed by atoms with Gasteiger partial charge in [0, 0.05) is 12.3 Å². The molecule has 0 aromatic carbocycles. The molecule has 0 saturated heterocycles. The number of nitrogens with zero attached hydrogens (tertiary/aromatic N) is 2. The maximum Gasteiger partial charge on any atom is 0.356 e. The summed E-state index contributed by atoms with van der Waals surface area (Å²) in [6, 6.07) is 0. The average Bonchev–Trinajstić information content (AvgIpc) is 2.80. The first kappa shape index (κ1) is 13.0. The van der Waals surface area contributed by atoms with Gasteiger partial charge in [0.25, 0.3) is 0 Å². The minimum atomic E-state index is -0.416. The third-order valence-corrected chi connectivity index (χ3v) is 1.82. The van der Waals surface area contributed by atoms with E-state index in [1.54, 1.807) is 18.5 Å². The zero-order valence-electron chi connectivity index (χ0n) is 9.82.